The van der Waals surface area contributed by atoms with Crippen molar-refractivity contribution in [2.24, 2.45) is 0 Å². The van der Waals surface area contributed by atoms with Gasteiger partial charge in [-0.2, -0.15) is 0 Å². The zero-order chi connectivity index (χ0) is 10.7. The summed E-state index contributed by atoms with van der Waals surface area (Å²) in [6, 6.07) is 0. The summed E-state index contributed by atoms with van der Waals surface area (Å²) >= 11 is 16.3. The minimum absolute atomic E-state index is 0.0475. The molecule has 80 valence electrons. The van der Waals surface area contributed by atoms with Crippen molar-refractivity contribution in [3.05, 3.63) is 26.3 Å². The lowest BCUT2D eigenvalue weighted by atomic mass is 10.4. The predicted octanol–water partition coefficient (Wildman–Crippen LogP) is 1.85. The zero-order valence-electron chi connectivity index (χ0n) is 6.76. The summed E-state index contributed by atoms with van der Waals surface area (Å²) in [5, 5.41) is 21.4. The fourth-order valence-corrected chi connectivity index (χ4v) is 1.22. The molecule has 1 heterocycles. The van der Waals surface area contributed by atoms with E-state index in [0.29, 0.717) is 13.2 Å². The predicted molar refractivity (Wildman–Crippen MR) is 52.6 cm³/mol. The van der Waals surface area contributed by atoms with Gasteiger partial charge in [-0.3, -0.25) is 5.21 Å². The van der Waals surface area contributed by atoms with E-state index in [1.807, 2.05) is 0 Å². The molecule has 1 aliphatic rings. The number of ether oxygens (including phenoxy) is 1. The van der Waals surface area contributed by atoms with Crippen molar-refractivity contribution in [3.63, 3.8) is 0 Å². The van der Waals surface area contributed by atoms with Crippen molar-refractivity contribution in [1.82, 2.24) is 10.5 Å². The molecule has 0 bridgehead atoms. The van der Waals surface area contributed by atoms with Gasteiger partial charge in [0.05, 0.1) is 6.54 Å². The molecule has 0 radical (unpaired) electrons. The van der Waals surface area contributed by atoms with Gasteiger partial charge in [-0.15, -0.1) is 0 Å². The summed E-state index contributed by atoms with van der Waals surface area (Å²) in [5.74, 6) is 0.0475. The number of rotatable bonds is 2. The molecule has 0 amide bonds. The number of hydrogen-bond donors (Lipinski definition) is 2. The maximum atomic E-state index is 10.7. The SMILES string of the molecule is [O-]N(O)/C(C(Cl)=C(Cl)Cl)=C1\NCCO1. The van der Waals surface area contributed by atoms with Crippen LogP contribution in [0.5, 0.6) is 0 Å². The van der Waals surface area contributed by atoms with E-state index in [-0.39, 0.29) is 21.1 Å². The smallest absolute Gasteiger partial charge is 0.214 e. The van der Waals surface area contributed by atoms with Crippen LogP contribution in [0, 0.1) is 5.21 Å². The quantitative estimate of drug-likeness (QED) is 0.742. The largest absolute Gasteiger partial charge is 0.733 e. The van der Waals surface area contributed by atoms with E-state index in [4.69, 9.17) is 44.7 Å². The summed E-state index contributed by atoms with van der Waals surface area (Å²) in [5.41, 5.74) is -0.343. The van der Waals surface area contributed by atoms with Crippen LogP contribution >= 0.6 is 34.8 Å². The standard InChI is InChI=1S/C6H6Cl3N2O3/c7-3(5(8)9)4(11(12)13)6-10-1-2-14-6/h10,12H,1-2H2/q-1/b6-4+. The van der Waals surface area contributed by atoms with Crippen molar-refractivity contribution in [1.29, 1.82) is 0 Å². The summed E-state index contributed by atoms with van der Waals surface area (Å²) in [6.07, 6.45) is 0. The lowest BCUT2D eigenvalue weighted by molar-refractivity contribution is -0.00542. The van der Waals surface area contributed by atoms with Gasteiger partial charge in [0.15, 0.2) is 0 Å². The van der Waals surface area contributed by atoms with Gasteiger partial charge in [-0.05, 0) is 0 Å². The Bertz CT molecular complexity index is 278. The van der Waals surface area contributed by atoms with Crippen molar-refractivity contribution < 1.29 is 9.94 Å². The van der Waals surface area contributed by atoms with Gasteiger partial charge < -0.3 is 20.5 Å². The number of hydroxylamine groups is 2. The highest BCUT2D eigenvalue weighted by atomic mass is 35.5. The van der Waals surface area contributed by atoms with Crippen LogP contribution in [-0.4, -0.2) is 23.6 Å². The van der Waals surface area contributed by atoms with Crippen molar-refractivity contribution in [3.8, 4) is 0 Å². The van der Waals surface area contributed by atoms with Crippen LogP contribution in [-0.2, 0) is 4.74 Å². The molecule has 14 heavy (non-hydrogen) atoms. The van der Waals surface area contributed by atoms with Gasteiger partial charge in [0.1, 0.15) is 21.8 Å². The summed E-state index contributed by atoms with van der Waals surface area (Å²) in [7, 11) is 0. The van der Waals surface area contributed by atoms with E-state index in [1.54, 1.807) is 0 Å². The van der Waals surface area contributed by atoms with E-state index in [2.05, 4.69) is 5.32 Å². The highest BCUT2D eigenvalue weighted by molar-refractivity contribution is 6.59. The molecule has 1 aliphatic heterocycles. The number of nitrogens with one attached hydrogen (secondary N) is 1. The third-order valence-corrected chi connectivity index (χ3v) is 2.35. The average molecular weight is 260 g/mol. The van der Waals surface area contributed by atoms with E-state index < -0.39 is 5.23 Å². The number of nitrogens with zero attached hydrogens (tertiary/aromatic N) is 1. The van der Waals surface area contributed by atoms with Crippen LogP contribution in [0.25, 0.3) is 0 Å². The zero-order valence-corrected chi connectivity index (χ0v) is 9.03. The highest BCUT2D eigenvalue weighted by Gasteiger charge is 2.19. The average Bonchev–Trinajstić information content (AvgIpc) is 2.56. The van der Waals surface area contributed by atoms with Gasteiger partial charge >= 0.3 is 0 Å². The first-order chi connectivity index (χ1) is 6.54. The lowest BCUT2D eigenvalue weighted by Crippen LogP contribution is -2.18. The number of halogens is 3. The number of hydrogen-bond acceptors (Lipinski definition) is 5. The Balaban J connectivity index is 3.07. The van der Waals surface area contributed by atoms with Crippen molar-refractivity contribution in [2.45, 2.75) is 0 Å². The van der Waals surface area contributed by atoms with Crippen LogP contribution in [0.1, 0.15) is 0 Å². The van der Waals surface area contributed by atoms with Crippen LogP contribution < -0.4 is 5.32 Å². The van der Waals surface area contributed by atoms with Crippen LogP contribution in [0.3, 0.4) is 0 Å². The first-order valence-electron chi connectivity index (χ1n) is 3.52. The molecule has 0 aromatic heterocycles. The highest BCUT2D eigenvalue weighted by Crippen LogP contribution is 2.28. The minimum atomic E-state index is -0.458. The second kappa shape index (κ2) is 4.95. The van der Waals surface area contributed by atoms with Gasteiger partial charge in [0, 0.05) is 0 Å². The second-order valence-corrected chi connectivity index (χ2v) is 3.63. The molecular weight excluding hydrogens is 254 g/mol. The van der Waals surface area contributed by atoms with Gasteiger partial charge in [-0.25, -0.2) is 0 Å². The molecular formula is C6H6Cl3N2O3-. The maximum Gasteiger partial charge on any atom is 0.214 e. The molecule has 0 aromatic rings. The van der Waals surface area contributed by atoms with E-state index >= 15 is 0 Å². The molecule has 2 N–H and O–H groups in total. The van der Waals surface area contributed by atoms with Crippen LogP contribution in [0.2, 0.25) is 0 Å². The molecule has 8 heteroatoms. The Kier molecular flexibility index (Phi) is 4.15. The Morgan fingerprint density at radius 2 is 2.14 bits per heavy atom. The van der Waals surface area contributed by atoms with Crippen molar-refractivity contribution in [2.75, 3.05) is 13.2 Å². The molecule has 5 nitrogen and oxygen atoms in total. The molecule has 0 unspecified atom stereocenters. The maximum absolute atomic E-state index is 10.7. The summed E-state index contributed by atoms with van der Waals surface area (Å²) in [6.45, 7) is 0.882. The third kappa shape index (κ3) is 2.59. The Morgan fingerprint density at radius 1 is 1.50 bits per heavy atom. The van der Waals surface area contributed by atoms with E-state index in [9.17, 15) is 5.21 Å². The van der Waals surface area contributed by atoms with Gasteiger partial charge in [-0.1, -0.05) is 34.8 Å². The van der Waals surface area contributed by atoms with Crippen LogP contribution in [0.15, 0.2) is 21.1 Å². The van der Waals surface area contributed by atoms with E-state index in [1.165, 1.54) is 0 Å². The molecule has 0 spiro atoms. The Morgan fingerprint density at radius 3 is 2.50 bits per heavy atom. The summed E-state index contributed by atoms with van der Waals surface area (Å²) < 4.78 is 4.65. The molecule has 1 rings (SSSR count). The molecule has 1 saturated heterocycles. The Labute approximate surface area is 95.0 Å². The first kappa shape index (κ1) is 11.7. The molecule has 0 saturated carbocycles. The van der Waals surface area contributed by atoms with Gasteiger partial charge in [0.2, 0.25) is 5.88 Å². The Hall–Kier alpha value is -0.330. The third-order valence-electron chi connectivity index (χ3n) is 1.41. The fraction of sp³-hybridized carbons (Fsp3) is 0.333. The molecule has 0 aliphatic carbocycles. The summed E-state index contributed by atoms with van der Waals surface area (Å²) in [4.78, 5) is 0. The number of allylic oxidation sites excluding steroid dienone is 1. The van der Waals surface area contributed by atoms with Gasteiger partial charge in [0.25, 0.3) is 0 Å². The fourth-order valence-electron chi connectivity index (χ4n) is 0.881. The van der Waals surface area contributed by atoms with E-state index in [0.717, 1.165) is 0 Å². The minimum Gasteiger partial charge on any atom is -0.733 e. The monoisotopic (exact) mass is 259 g/mol. The van der Waals surface area contributed by atoms with Crippen molar-refractivity contribution >= 4 is 34.8 Å². The lowest BCUT2D eigenvalue weighted by Gasteiger charge is -2.25. The second-order valence-electron chi connectivity index (χ2n) is 2.30. The topological polar surface area (TPSA) is 67.8 Å². The molecule has 0 aromatic carbocycles. The first-order valence-corrected chi connectivity index (χ1v) is 4.65. The molecule has 0 atom stereocenters. The van der Waals surface area contributed by atoms with Crippen LogP contribution in [0.4, 0.5) is 0 Å². The molecule has 1 fully saturated rings. The normalized spacial score (nSPS) is 18.4.